The number of hydrogen-bond donors (Lipinski definition) is 2. The molecule has 3 amide bonds. The van der Waals surface area contributed by atoms with Gasteiger partial charge in [-0.1, -0.05) is 97.8 Å². The van der Waals surface area contributed by atoms with Crippen molar-refractivity contribution < 1.29 is 38.5 Å². The van der Waals surface area contributed by atoms with Gasteiger partial charge in [-0.3, -0.25) is 19.2 Å². The molecule has 2 saturated heterocycles. The summed E-state index contributed by atoms with van der Waals surface area (Å²) in [4.78, 5) is 60.9. The van der Waals surface area contributed by atoms with Crippen LogP contribution >= 0.6 is 0 Å². The molecule has 0 unspecified atom stereocenters. The molecule has 53 heavy (non-hydrogen) atoms. The predicted octanol–water partition coefficient (Wildman–Crippen LogP) is 4.64. The van der Waals surface area contributed by atoms with Crippen molar-refractivity contribution in [1.29, 1.82) is 0 Å². The number of hydrogen-bond acceptors (Lipinski definition) is 8. The summed E-state index contributed by atoms with van der Waals surface area (Å²) in [5.74, 6) is -3.61. The first-order chi connectivity index (χ1) is 25.9. The SMILES string of the molecule is COC[C@@H]1NC(=O)CC/C=C\[C@@H]2O[C@@]34C=CCN(c5ccc6ccccc6c5)C(=O)[C@@H]3N(CCCCCCO)C(=O)[C@H]4[C@@H]2C(=O)O[C@H]1c1ccccc1. The topological polar surface area (TPSA) is 135 Å². The molecule has 4 heterocycles. The number of anilines is 1. The van der Waals surface area contributed by atoms with Gasteiger partial charge in [0.25, 0.3) is 5.91 Å². The molecule has 11 heteroatoms. The highest BCUT2D eigenvalue weighted by atomic mass is 16.6. The number of cyclic esters (lactones) is 1. The minimum atomic E-state index is -1.45. The van der Waals surface area contributed by atoms with Gasteiger partial charge in [-0.15, -0.1) is 0 Å². The number of carbonyl (C=O) groups is 4. The number of fused-ring (bicyclic) bond motifs is 3. The van der Waals surface area contributed by atoms with Crippen LogP contribution in [0, 0.1) is 11.8 Å². The van der Waals surface area contributed by atoms with Crippen LogP contribution in [0.2, 0.25) is 0 Å². The Labute approximate surface area is 309 Å². The second-order valence-electron chi connectivity index (χ2n) is 14.3. The van der Waals surface area contributed by atoms with E-state index >= 15 is 0 Å². The molecule has 278 valence electrons. The Bertz CT molecular complexity index is 1880. The van der Waals surface area contributed by atoms with E-state index in [1.165, 1.54) is 7.11 Å². The molecule has 3 aromatic rings. The van der Waals surface area contributed by atoms with Crippen LogP contribution in [0.1, 0.15) is 50.2 Å². The Balaban J connectivity index is 1.29. The number of ether oxygens (including phenoxy) is 3. The lowest BCUT2D eigenvalue weighted by atomic mass is 9.77. The van der Waals surface area contributed by atoms with E-state index in [9.17, 15) is 24.3 Å². The number of aliphatic hydroxyl groups is 1. The number of nitrogens with zero attached hydrogens (tertiary/aromatic N) is 2. The largest absolute Gasteiger partial charge is 0.455 e. The maximum Gasteiger partial charge on any atom is 0.313 e. The van der Waals surface area contributed by atoms with Crippen molar-refractivity contribution in [2.24, 2.45) is 11.8 Å². The first-order valence-corrected chi connectivity index (χ1v) is 18.6. The smallest absolute Gasteiger partial charge is 0.313 e. The summed E-state index contributed by atoms with van der Waals surface area (Å²) in [6.07, 6.45) is 8.79. The average Bonchev–Trinajstić information content (AvgIpc) is 3.55. The Morgan fingerprint density at radius 1 is 0.906 bits per heavy atom. The molecule has 2 N–H and O–H groups in total. The van der Waals surface area contributed by atoms with Gasteiger partial charge in [0.1, 0.15) is 23.7 Å². The number of unbranched alkanes of at least 4 members (excludes halogenated alkanes) is 3. The van der Waals surface area contributed by atoms with Gasteiger partial charge in [0, 0.05) is 38.9 Å². The number of likely N-dealkylation sites (tertiary alicyclic amines) is 1. The fourth-order valence-corrected chi connectivity index (χ4v) is 8.45. The highest BCUT2D eigenvalue weighted by Gasteiger charge is 2.71. The average molecular weight is 722 g/mol. The van der Waals surface area contributed by atoms with Crippen molar-refractivity contribution in [1.82, 2.24) is 10.2 Å². The first-order valence-electron chi connectivity index (χ1n) is 18.6. The van der Waals surface area contributed by atoms with E-state index in [0.717, 1.165) is 23.6 Å². The van der Waals surface area contributed by atoms with Crippen LogP contribution in [0.5, 0.6) is 0 Å². The molecule has 0 aromatic heterocycles. The molecule has 0 radical (unpaired) electrons. The van der Waals surface area contributed by atoms with Crippen LogP contribution in [0.4, 0.5) is 5.69 Å². The molecule has 0 saturated carbocycles. The number of esters is 1. The normalized spacial score (nSPS) is 29.4. The van der Waals surface area contributed by atoms with E-state index in [0.29, 0.717) is 37.1 Å². The summed E-state index contributed by atoms with van der Waals surface area (Å²) >= 11 is 0. The van der Waals surface area contributed by atoms with Gasteiger partial charge in [-0.05, 0) is 47.7 Å². The molecule has 11 nitrogen and oxygen atoms in total. The monoisotopic (exact) mass is 721 g/mol. The second kappa shape index (κ2) is 16.0. The van der Waals surface area contributed by atoms with Gasteiger partial charge in [0.2, 0.25) is 11.8 Å². The van der Waals surface area contributed by atoms with Crippen LogP contribution in [-0.4, -0.2) is 90.9 Å². The Kier molecular flexibility index (Phi) is 11.0. The number of allylic oxidation sites excluding steroid dienone is 1. The minimum Gasteiger partial charge on any atom is -0.455 e. The van der Waals surface area contributed by atoms with Crippen LogP contribution in [0.3, 0.4) is 0 Å². The zero-order valence-corrected chi connectivity index (χ0v) is 30.0. The minimum absolute atomic E-state index is 0.0826. The molecule has 2 fully saturated rings. The Morgan fingerprint density at radius 3 is 2.47 bits per heavy atom. The third kappa shape index (κ3) is 7.13. The summed E-state index contributed by atoms with van der Waals surface area (Å²) in [6, 6.07) is 21.2. The third-order valence-corrected chi connectivity index (χ3v) is 10.9. The van der Waals surface area contributed by atoms with E-state index in [4.69, 9.17) is 14.2 Å². The van der Waals surface area contributed by atoms with Crippen molar-refractivity contribution in [3.63, 3.8) is 0 Å². The molecule has 7 rings (SSSR count). The molecule has 7 atom stereocenters. The predicted molar refractivity (Wildman–Crippen MR) is 199 cm³/mol. The number of aliphatic hydroxyl groups excluding tert-OH is 1. The van der Waals surface area contributed by atoms with Crippen molar-refractivity contribution >= 4 is 40.2 Å². The van der Waals surface area contributed by atoms with E-state index in [-0.39, 0.29) is 43.9 Å². The van der Waals surface area contributed by atoms with Crippen LogP contribution in [0.25, 0.3) is 10.8 Å². The van der Waals surface area contributed by atoms with Gasteiger partial charge in [0.15, 0.2) is 0 Å². The lowest BCUT2D eigenvalue weighted by molar-refractivity contribution is -0.162. The number of amides is 3. The van der Waals surface area contributed by atoms with Crippen molar-refractivity contribution in [2.45, 2.75) is 68.4 Å². The molecule has 0 bridgehead atoms. The fourth-order valence-electron chi connectivity index (χ4n) is 8.45. The highest BCUT2D eigenvalue weighted by Crippen LogP contribution is 2.53. The molecule has 1 spiro atoms. The molecular weight excluding hydrogens is 674 g/mol. The van der Waals surface area contributed by atoms with E-state index < -0.39 is 47.7 Å². The number of benzene rings is 3. The maximum atomic E-state index is 15.0. The van der Waals surface area contributed by atoms with Gasteiger partial charge >= 0.3 is 5.97 Å². The van der Waals surface area contributed by atoms with Crippen LogP contribution in [0.15, 0.2) is 97.1 Å². The standard InChI is InChI=1S/C42H47N3O8/c1-51-27-32-37(29-15-5-4-6-16-29)52-41(50)35-33(18-9-10-19-34(47)43-32)53-42-22-13-24-44(31-21-20-28-14-7-8-17-30(28)26-31)40(49)38(42)45(39(48)36(35)42)23-11-2-3-12-25-46/h4-9,13-18,20-22,26,32-33,35-38,46H,2-3,10-12,19,23-25,27H2,1H3,(H,43,47)/b18-9-/t32-,33-,35+,36+,37-,38-,42+/m0/s1. The number of methoxy groups -OCH3 is 1. The highest BCUT2D eigenvalue weighted by molar-refractivity contribution is 6.06. The summed E-state index contributed by atoms with van der Waals surface area (Å²) in [7, 11) is 1.52. The van der Waals surface area contributed by atoms with Gasteiger partial charge in [-0.2, -0.15) is 0 Å². The molecule has 4 aliphatic heterocycles. The Morgan fingerprint density at radius 2 is 1.68 bits per heavy atom. The zero-order valence-electron chi connectivity index (χ0n) is 30.0. The number of carbonyl (C=O) groups excluding carboxylic acids is 4. The summed E-state index contributed by atoms with van der Waals surface area (Å²) in [5.41, 5.74) is -0.0897. The molecular formula is C42H47N3O8. The Hall–Kier alpha value is -4.84. The summed E-state index contributed by atoms with van der Waals surface area (Å²) in [5, 5.41) is 14.4. The van der Waals surface area contributed by atoms with Gasteiger partial charge in [-0.25, -0.2) is 0 Å². The third-order valence-electron chi connectivity index (χ3n) is 10.9. The second-order valence-corrected chi connectivity index (χ2v) is 14.3. The van der Waals surface area contributed by atoms with Crippen molar-refractivity contribution in [3.8, 4) is 0 Å². The lowest BCUT2D eigenvalue weighted by Gasteiger charge is -2.35. The lowest BCUT2D eigenvalue weighted by Crippen LogP contribution is -2.55. The fraction of sp³-hybridized carbons (Fsp3) is 0.429. The van der Waals surface area contributed by atoms with Crippen LogP contribution in [-0.2, 0) is 33.4 Å². The molecule has 4 aliphatic rings. The van der Waals surface area contributed by atoms with Crippen LogP contribution < -0.4 is 10.2 Å². The molecule has 0 aliphatic carbocycles. The van der Waals surface area contributed by atoms with E-state index in [1.54, 1.807) is 22.0 Å². The van der Waals surface area contributed by atoms with Crippen molar-refractivity contribution in [3.05, 3.63) is 103 Å². The summed E-state index contributed by atoms with van der Waals surface area (Å²) < 4.78 is 18.7. The first kappa shape index (κ1) is 36.5. The van der Waals surface area contributed by atoms with Gasteiger partial charge < -0.3 is 34.4 Å². The maximum absolute atomic E-state index is 15.0. The molecule has 3 aromatic carbocycles. The number of rotatable bonds is 10. The summed E-state index contributed by atoms with van der Waals surface area (Å²) in [6.45, 7) is 0.714. The van der Waals surface area contributed by atoms with Crippen molar-refractivity contribution in [2.75, 3.05) is 38.3 Å². The zero-order chi connectivity index (χ0) is 37.0. The quantitative estimate of drug-likeness (QED) is 0.176. The van der Waals surface area contributed by atoms with E-state index in [1.807, 2.05) is 84.9 Å². The van der Waals surface area contributed by atoms with E-state index in [2.05, 4.69) is 5.32 Å². The number of nitrogens with one attached hydrogen (secondary N) is 1. The van der Waals surface area contributed by atoms with Gasteiger partial charge in [0.05, 0.1) is 24.7 Å².